The second-order valence-electron chi connectivity index (χ2n) is 3.98. The van der Waals surface area contributed by atoms with Gasteiger partial charge in [-0.1, -0.05) is 19.1 Å². The van der Waals surface area contributed by atoms with Crippen molar-refractivity contribution < 1.29 is 9.18 Å². The van der Waals surface area contributed by atoms with Gasteiger partial charge in [0.2, 0.25) is 0 Å². The molecule has 0 radical (unpaired) electrons. The summed E-state index contributed by atoms with van der Waals surface area (Å²) in [7, 11) is 0. The molecule has 2 nitrogen and oxygen atoms in total. The van der Waals surface area contributed by atoms with Gasteiger partial charge in [-0.2, -0.15) is 0 Å². The number of carbonyl (C=O) groups is 1. The van der Waals surface area contributed by atoms with Gasteiger partial charge in [0.05, 0.1) is 10.6 Å². The Bertz CT molecular complexity index is 577. The predicted octanol–water partition coefficient (Wildman–Crippen LogP) is 4.01. The van der Waals surface area contributed by atoms with Gasteiger partial charge in [-0.15, -0.1) is 11.3 Å². The topological polar surface area (TPSA) is 29.1 Å². The number of thiophene rings is 1. The first-order valence-electron chi connectivity index (χ1n) is 5.77. The molecule has 0 aliphatic rings. The van der Waals surface area contributed by atoms with E-state index in [-0.39, 0.29) is 11.6 Å². The summed E-state index contributed by atoms with van der Waals surface area (Å²) >= 11 is 1.44. The molecule has 0 unspecified atom stereocenters. The van der Waals surface area contributed by atoms with Gasteiger partial charge in [-0.3, -0.25) is 4.79 Å². The van der Waals surface area contributed by atoms with Crippen molar-refractivity contribution in [2.45, 2.75) is 20.3 Å². The van der Waals surface area contributed by atoms with Gasteiger partial charge in [0, 0.05) is 4.88 Å². The summed E-state index contributed by atoms with van der Waals surface area (Å²) in [6.07, 6.45) is 0.898. The number of rotatable bonds is 3. The van der Waals surface area contributed by atoms with E-state index in [2.05, 4.69) is 5.32 Å². The lowest BCUT2D eigenvalue weighted by Crippen LogP contribution is -2.11. The van der Waals surface area contributed by atoms with Gasteiger partial charge in [0.15, 0.2) is 0 Å². The van der Waals surface area contributed by atoms with Crippen molar-refractivity contribution in [2.24, 2.45) is 0 Å². The summed E-state index contributed by atoms with van der Waals surface area (Å²) in [5.41, 5.74) is 1.38. The van der Waals surface area contributed by atoms with Crippen molar-refractivity contribution in [3.05, 3.63) is 51.5 Å². The molecule has 4 heteroatoms. The number of nitrogens with one attached hydrogen (secondary N) is 1. The van der Waals surface area contributed by atoms with Crippen molar-refractivity contribution >= 4 is 22.9 Å². The smallest absolute Gasteiger partial charge is 0.265 e. The molecule has 2 aromatic rings. The second kappa shape index (κ2) is 5.31. The quantitative estimate of drug-likeness (QED) is 0.890. The van der Waals surface area contributed by atoms with E-state index in [1.807, 2.05) is 19.9 Å². The number of halogens is 1. The molecule has 0 saturated carbocycles. The zero-order chi connectivity index (χ0) is 13.1. The van der Waals surface area contributed by atoms with Crippen LogP contribution in [0, 0.1) is 12.7 Å². The number of anilines is 1. The molecule has 1 N–H and O–H groups in total. The van der Waals surface area contributed by atoms with Crippen LogP contribution in [-0.2, 0) is 6.42 Å². The number of para-hydroxylation sites is 1. The molecule has 0 aliphatic carbocycles. The Hall–Kier alpha value is -1.68. The summed E-state index contributed by atoms with van der Waals surface area (Å²) in [5.74, 6) is -0.678. The fraction of sp³-hybridized carbons (Fsp3) is 0.214. The molecule has 0 bridgehead atoms. The van der Waals surface area contributed by atoms with Gasteiger partial charge in [-0.05, 0) is 37.1 Å². The first kappa shape index (κ1) is 12.8. The van der Waals surface area contributed by atoms with Crippen LogP contribution in [0.2, 0.25) is 0 Å². The molecule has 1 amide bonds. The first-order valence-corrected chi connectivity index (χ1v) is 6.58. The van der Waals surface area contributed by atoms with Crippen LogP contribution in [0.25, 0.3) is 0 Å². The Morgan fingerprint density at radius 2 is 2.11 bits per heavy atom. The fourth-order valence-electron chi connectivity index (χ4n) is 1.73. The van der Waals surface area contributed by atoms with Crippen molar-refractivity contribution in [1.29, 1.82) is 0 Å². The highest BCUT2D eigenvalue weighted by molar-refractivity contribution is 7.14. The molecule has 1 heterocycles. The summed E-state index contributed by atoms with van der Waals surface area (Å²) in [5, 5.41) is 2.59. The van der Waals surface area contributed by atoms with Crippen LogP contribution < -0.4 is 5.32 Å². The predicted molar refractivity (Wildman–Crippen MR) is 72.8 cm³/mol. The SMILES string of the molecule is CCc1cc(C(=O)Nc2ccccc2F)sc1C. The fourth-order valence-corrected chi connectivity index (χ4v) is 2.74. The molecule has 0 fully saturated rings. The normalized spacial score (nSPS) is 10.4. The molecular weight excluding hydrogens is 249 g/mol. The Morgan fingerprint density at radius 3 is 2.72 bits per heavy atom. The van der Waals surface area contributed by atoms with E-state index < -0.39 is 5.82 Å². The van der Waals surface area contributed by atoms with Crippen LogP contribution in [0.4, 0.5) is 10.1 Å². The van der Waals surface area contributed by atoms with Crippen LogP contribution in [0.5, 0.6) is 0 Å². The molecule has 1 aromatic carbocycles. The molecule has 94 valence electrons. The van der Waals surface area contributed by atoms with Gasteiger partial charge in [0.25, 0.3) is 5.91 Å². The van der Waals surface area contributed by atoms with E-state index in [9.17, 15) is 9.18 Å². The number of carbonyl (C=O) groups excluding carboxylic acids is 1. The van der Waals surface area contributed by atoms with E-state index in [1.54, 1.807) is 18.2 Å². The van der Waals surface area contributed by atoms with E-state index in [0.717, 1.165) is 11.3 Å². The number of aryl methyl sites for hydroxylation is 2. The molecule has 0 atom stereocenters. The number of hydrogen-bond acceptors (Lipinski definition) is 2. The van der Waals surface area contributed by atoms with E-state index >= 15 is 0 Å². The zero-order valence-corrected chi connectivity index (χ0v) is 11.1. The minimum absolute atomic E-state index is 0.214. The highest BCUT2D eigenvalue weighted by atomic mass is 32.1. The number of hydrogen-bond donors (Lipinski definition) is 1. The lowest BCUT2D eigenvalue weighted by Gasteiger charge is -2.03. The van der Waals surface area contributed by atoms with Crippen LogP contribution >= 0.6 is 11.3 Å². The average molecular weight is 263 g/mol. The Morgan fingerprint density at radius 1 is 1.39 bits per heavy atom. The molecule has 0 aliphatic heterocycles. The first-order chi connectivity index (χ1) is 8.61. The lowest BCUT2D eigenvalue weighted by molar-refractivity contribution is 0.103. The maximum absolute atomic E-state index is 13.4. The summed E-state index contributed by atoms with van der Waals surface area (Å²) in [6.45, 7) is 4.04. The molecule has 0 spiro atoms. The zero-order valence-electron chi connectivity index (χ0n) is 10.3. The maximum Gasteiger partial charge on any atom is 0.265 e. The summed E-state index contributed by atoms with van der Waals surface area (Å²) in [4.78, 5) is 13.7. The Labute approximate surface area is 109 Å². The molecule has 1 aromatic heterocycles. The minimum atomic E-state index is -0.421. The Kier molecular flexibility index (Phi) is 3.77. The average Bonchev–Trinajstić information content (AvgIpc) is 2.73. The van der Waals surface area contributed by atoms with Crippen molar-refractivity contribution in [3.8, 4) is 0 Å². The summed E-state index contributed by atoms with van der Waals surface area (Å²) < 4.78 is 13.4. The minimum Gasteiger partial charge on any atom is -0.319 e. The van der Waals surface area contributed by atoms with Crippen molar-refractivity contribution in [1.82, 2.24) is 0 Å². The number of amides is 1. The highest BCUT2D eigenvalue weighted by Gasteiger charge is 2.13. The monoisotopic (exact) mass is 263 g/mol. The molecular formula is C14H14FNOS. The maximum atomic E-state index is 13.4. The Balaban J connectivity index is 2.19. The van der Waals surface area contributed by atoms with E-state index in [0.29, 0.717) is 4.88 Å². The van der Waals surface area contributed by atoms with Crippen LogP contribution in [0.3, 0.4) is 0 Å². The molecule has 18 heavy (non-hydrogen) atoms. The second-order valence-corrected chi connectivity index (χ2v) is 5.24. The third-order valence-electron chi connectivity index (χ3n) is 2.75. The van der Waals surface area contributed by atoms with Crippen LogP contribution in [-0.4, -0.2) is 5.91 Å². The van der Waals surface area contributed by atoms with Gasteiger partial charge in [0.1, 0.15) is 5.82 Å². The van der Waals surface area contributed by atoms with Gasteiger partial charge < -0.3 is 5.32 Å². The summed E-state index contributed by atoms with van der Waals surface area (Å²) in [6, 6.07) is 8.03. The van der Waals surface area contributed by atoms with Crippen molar-refractivity contribution in [2.75, 3.05) is 5.32 Å². The largest absolute Gasteiger partial charge is 0.319 e. The van der Waals surface area contributed by atoms with Gasteiger partial charge in [-0.25, -0.2) is 4.39 Å². The van der Waals surface area contributed by atoms with E-state index in [1.165, 1.54) is 23.0 Å². The molecule has 2 rings (SSSR count). The highest BCUT2D eigenvalue weighted by Crippen LogP contribution is 2.23. The third-order valence-corrected chi connectivity index (χ3v) is 3.84. The third kappa shape index (κ3) is 2.59. The van der Waals surface area contributed by atoms with Crippen LogP contribution in [0.15, 0.2) is 30.3 Å². The lowest BCUT2D eigenvalue weighted by atomic mass is 10.2. The standard InChI is InChI=1S/C14H14FNOS/c1-3-10-8-13(18-9(10)2)14(17)16-12-7-5-4-6-11(12)15/h4-8H,3H2,1-2H3,(H,16,17). The van der Waals surface area contributed by atoms with Gasteiger partial charge >= 0.3 is 0 Å². The number of benzene rings is 1. The van der Waals surface area contributed by atoms with Crippen molar-refractivity contribution in [3.63, 3.8) is 0 Å². The van der Waals surface area contributed by atoms with E-state index in [4.69, 9.17) is 0 Å². The molecule has 0 saturated heterocycles. The van der Waals surface area contributed by atoms with Crippen LogP contribution in [0.1, 0.15) is 27.0 Å².